The molecule has 1 saturated heterocycles. The van der Waals surface area contributed by atoms with Gasteiger partial charge in [0.1, 0.15) is 23.6 Å². The molecule has 4 rings (SSSR count). The van der Waals surface area contributed by atoms with Crippen LogP contribution < -0.4 is 11.0 Å². The molecule has 3 heterocycles. The summed E-state index contributed by atoms with van der Waals surface area (Å²) in [7, 11) is 0. The summed E-state index contributed by atoms with van der Waals surface area (Å²) in [5.74, 6) is 0.406. The second-order valence-corrected chi connectivity index (χ2v) is 7.42. The van der Waals surface area contributed by atoms with E-state index in [1.54, 1.807) is 6.07 Å². The quantitative estimate of drug-likeness (QED) is 0.404. The summed E-state index contributed by atoms with van der Waals surface area (Å²) >= 11 is 0. The normalized spacial score (nSPS) is 26.8. The highest BCUT2D eigenvalue weighted by Crippen LogP contribution is 2.37. The monoisotopic (exact) mass is 400 g/mol. The summed E-state index contributed by atoms with van der Waals surface area (Å²) in [6, 6.07) is 9.65. The zero-order chi connectivity index (χ0) is 20.6. The zero-order valence-electron chi connectivity index (χ0n) is 15.9. The number of nitrogens with zero attached hydrogens (tertiary/aromatic N) is 2. The Kier molecular flexibility index (Phi) is 5.13. The van der Waals surface area contributed by atoms with Crippen LogP contribution >= 0.6 is 0 Å². The van der Waals surface area contributed by atoms with Crippen molar-refractivity contribution in [3.8, 4) is 0 Å². The number of ether oxygens (including phenoxy) is 1. The number of aromatic nitrogens is 3. The number of H-pyrrole nitrogens is 1. The standard InChI is InChI=1S/C20H24N4O5/c1-20(28)17(26)15(11-25)29-18(20)24-9-7-16(23-19(24)27)21-8-6-12-10-22-14-5-3-2-4-13(12)14/h2-5,7,9-10,15,17-18,22,25-26,28H,6,8,11H2,1H3,(H,21,23,27)/t15-,17-,18?,20-/m1/s1. The topological polar surface area (TPSA) is 133 Å². The van der Waals surface area contributed by atoms with Crippen LogP contribution in [0.2, 0.25) is 0 Å². The number of aliphatic hydroxyl groups is 3. The molecule has 154 valence electrons. The lowest BCUT2D eigenvalue weighted by atomic mass is 9.96. The molecular weight excluding hydrogens is 376 g/mol. The van der Waals surface area contributed by atoms with Gasteiger partial charge < -0.3 is 30.4 Å². The number of aliphatic hydroxyl groups excluding tert-OH is 2. The van der Waals surface area contributed by atoms with Gasteiger partial charge in [-0.3, -0.25) is 4.57 Å². The Balaban J connectivity index is 1.44. The van der Waals surface area contributed by atoms with Crippen molar-refractivity contribution < 1.29 is 20.1 Å². The van der Waals surface area contributed by atoms with E-state index >= 15 is 0 Å². The van der Waals surface area contributed by atoms with Gasteiger partial charge in [-0.2, -0.15) is 4.98 Å². The number of rotatable bonds is 6. The Labute approximate surface area is 166 Å². The number of fused-ring (bicyclic) bond motifs is 1. The fourth-order valence-electron chi connectivity index (χ4n) is 3.74. The third-order valence-corrected chi connectivity index (χ3v) is 5.39. The van der Waals surface area contributed by atoms with E-state index in [1.807, 2.05) is 24.4 Å². The second-order valence-electron chi connectivity index (χ2n) is 7.42. The van der Waals surface area contributed by atoms with Crippen molar-refractivity contribution in [2.75, 3.05) is 18.5 Å². The molecule has 0 amide bonds. The number of benzene rings is 1. The zero-order valence-corrected chi connectivity index (χ0v) is 15.9. The molecule has 9 nitrogen and oxygen atoms in total. The highest BCUT2D eigenvalue weighted by molar-refractivity contribution is 5.83. The van der Waals surface area contributed by atoms with Crippen LogP contribution in [0.25, 0.3) is 10.9 Å². The minimum atomic E-state index is -1.73. The third kappa shape index (κ3) is 3.53. The average molecular weight is 400 g/mol. The highest BCUT2D eigenvalue weighted by Gasteiger charge is 2.53. The summed E-state index contributed by atoms with van der Waals surface area (Å²) in [5, 5.41) is 34.2. The Morgan fingerprint density at radius 1 is 1.34 bits per heavy atom. The van der Waals surface area contributed by atoms with Gasteiger partial charge in [0.2, 0.25) is 0 Å². The molecule has 1 aromatic carbocycles. The lowest BCUT2D eigenvalue weighted by molar-refractivity contribution is -0.0986. The van der Waals surface area contributed by atoms with Crippen LogP contribution in [0.4, 0.5) is 5.82 Å². The van der Waals surface area contributed by atoms with Crippen molar-refractivity contribution in [3.63, 3.8) is 0 Å². The van der Waals surface area contributed by atoms with Gasteiger partial charge in [-0.15, -0.1) is 0 Å². The molecule has 1 fully saturated rings. The first-order chi connectivity index (χ1) is 13.9. The van der Waals surface area contributed by atoms with Crippen LogP contribution in [-0.2, 0) is 11.2 Å². The first-order valence-electron chi connectivity index (χ1n) is 9.46. The van der Waals surface area contributed by atoms with Gasteiger partial charge in [0.05, 0.1) is 6.61 Å². The van der Waals surface area contributed by atoms with Gasteiger partial charge in [0.15, 0.2) is 6.23 Å². The van der Waals surface area contributed by atoms with E-state index in [-0.39, 0.29) is 0 Å². The molecule has 1 aliphatic rings. The molecule has 0 saturated carbocycles. The van der Waals surface area contributed by atoms with E-state index in [0.717, 1.165) is 21.9 Å². The van der Waals surface area contributed by atoms with Gasteiger partial charge in [-0.1, -0.05) is 18.2 Å². The van der Waals surface area contributed by atoms with Gasteiger partial charge in [-0.25, -0.2) is 4.79 Å². The van der Waals surface area contributed by atoms with Crippen LogP contribution in [0.15, 0.2) is 47.5 Å². The fourth-order valence-corrected chi connectivity index (χ4v) is 3.74. The minimum Gasteiger partial charge on any atom is -0.394 e. The van der Waals surface area contributed by atoms with E-state index in [4.69, 9.17) is 4.74 Å². The fraction of sp³-hybridized carbons (Fsp3) is 0.400. The predicted molar refractivity (Wildman–Crippen MR) is 107 cm³/mol. The van der Waals surface area contributed by atoms with Gasteiger partial charge in [0.25, 0.3) is 0 Å². The summed E-state index contributed by atoms with van der Waals surface area (Å²) in [6.45, 7) is 1.47. The number of nitrogens with one attached hydrogen (secondary N) is 2. The first-order valence-corrected chi connectivity index (χ1v) is 9.46. The molecule has 1 aliphatic heterocycles. The van der Waals surface area contributed by atoms with E-state index < -0.39 is 36.3 Å². The van der Waals surface area contributed by atoms with Gasteiger partial charge >= 0.3 is 5.69 Å². The van der Waals surface area contributed by atoms with Crippen molar-refractivity contribution in [2.24, 2.45) is 0 Å². The van der Waals surface area contributed by atoms with Crippen molar-refractivity contribution in [1.29, 1.82) is 0 Å². The van der Waals surface area contributed by atoms with Crippen LogP contribution in [0.1, 0.15) is 18.7 Å². The number of para-hydroxylation sites is 1. The average Bonchev–Trinajstić information content (AvgIpc) is 3.21. The Morgan fingerprint density at radius 2 is 2.14 bits per heavy atom. The molecule has 29 heavy (non-hydrogen) atoms. The first kappa shape index (κ1) is 19.6. The molecule has 0 aliphatic carbocycles. The number of hydrogen-bond acceptors (Lipinski definition) is 7. The summed E-state index contributed by atoms with van der Waals surface area (Å²) < 4.78 is 6.58. The van der Waals surface area contributed by atoms with Crippen LogP contribution in [0, 0.1) is 0 Å². The van der Waals surface area contributed by atoms with E-state index in [0.29, 0.717) is 12.4 Å². The van der Waals surface area contributed by atoms with E-state index in [1.165, 1.54) is 18.7 Å². The summed E-state index contributed by atoms with van der Waals surface area (Å²) in [4.78, 5) is 19.7. The van der Waals surface area contributed by atoms with Crippen molar-refractivity contribution in [1.82, 2.24) is 14.5 Å². The molecule has 0 radical (unpaired) electrons. The summed E-state index contributed by atoms with van der Waals surface area (Å²) in [5.41, 5.74) is -0.113. The Hall–Kier alpha value is -2.72. The lowest BCUT2D eigenvalue weighted by Gasteiger charge is -2.27. The van der Waals surface area contributed by atoms with Crippen LogP contribution in [0.3, 0.4) is 0 Å². The molecular formula is C20H24N4O5. The maximum Gasteiger partial charge on any atom is 0.351 e. The molecule has 0 bridgehead atoms. The number of aromatic amines is 1. The molecule has 5 N–H and O–H groups in total. The molecule has 9 heteroatoms. The largest absolute Gasteiger partial charge is 0.394 e. The number of anilines is 1. The van der Waals surface area contributed by atoms with Crippen molar-refractivity contribution in [3.05, 3.63) is 58.8 Å². The van der Waals surface area contributed by atoms with Gasteiger partial charge in [-0.05, 0) is 31.0 Å². The third-order valence-electron chi connectivity index (χ3n) is 5.39. The molecule has 3 aromatic rings. The predicted octanol–water partition coefficient (Wildman–Crippen LogP) is 0.381. The highest BCUT2D eigenvalue weighted by atomic mass is 16.6. The SMILES string of the molecule is C[C@]1(O)C(n2ccc(NCCc3c[nH]c4ccccc34)nc2=O)O[C@H](CO)[C@H]1O. The second kappa shape index (κ2) is 7.60. The lowest BCUT2D eigenvalue weighted by Crippen LogP contribution is -2.46. The summed E-state index contributed by atoms with van der Waals surface area (Å²) in [6.07, 6.45) is 0.735. The van der Waals surface area contributed by atoms with Crippen molar-refractivity contribution in [2.45, 2.75) is 37.4 Å². The van der Waals surface area contributed by atoms with Gasteiger partial charge in [0, 0.05) is 29.8 Å². The van der Waals surface area contributed by atoms with Crippen molar-refractivity contribution >= 4 is 16.7 Å². The Morgan fingerprint density at radius 3 is 2.86 bits per heavy atom. The van der Waals surface area contributed by atoms with E-state index in [9.17, 15) is 20.1 Å². The maximum absolute atomic E-state index is 12.5. The molecule has 1 unspecified atom stereocenters. The van der Waals surface area contributed by atoms with Crippen LogP contribution in [-0.4, -0.2) is 60.8 Å². The minimum absolute atomic E-state index is 0.406. The smallest absolute Gasteiger partial charge is 0.351 e. The molecule has 2 aromatic heterocycles. The molecule has 4 atom stereocenters. The van der Waals surface area contributed by atoms with E-state index in [2.05, 4.69) is 21.4 Å². The Bertz CT molecular complexity index is 1060. The number of hydrogen-bond donors (Lipinski definition) is 5. The van der Waals surface area contributed by atoms with Crippen LogP contribution in [0.5, 0.6) is 0 Å². The maximum atomic E-state index is 12.5. The molecule has 0 spiro atoms.